The lowest BCUT2D eigenvalue weighted by atomic mass is 10.2. The number of hydrogen-bond acceptors (Lipinski definition) is 6. The highest BCUT2D eigenvalue weighted by molar-refractivity contribution is 5.89. The molecule has 0 aliphatic rings. The number of aromatic amines is 1. The largest absolute Gasteiger partial charge is 0.493 e. The molecule has 104 valence electrons. The first-order valence-corrected chi connectivity index (χ1v) is 5.93. The first kappa shape index (κ1) is 13.6. The fraction of sp³-hybridized carbons (Fsp3) is 0.154. The maximum Gasteiger partial charge on any atom is 0.338 e. The number of ether oxygens (including phenoxy) is 1. The first-order chi connectivity index (χ1) is 9.58. The van der Waals surface area contributed by atoms with Gasteiger partial charge in [-0.1, -0.05) is 0 Å². The van der Waals surface area contributed by atoms with Crippen LogP contribution >= 0.6 is 0 Å². The average Bonchev–Trinajstić information content (AvgIpc) is 2.38. The third kappa shape index (κ3) is 3.35. The van der Waals surface area contributed by atoms with Crippen molar-refractivity contribution in [2.24, 2.45) is 0 Å². The monoisotopic (exact) mass is 275 g/mol. The number of nitrogens with zero attached hydrogens (tertiary/aromatic N) is 1. The molecule has 1 heterocycles. The Morgan fingerprint density at radius 1 is 1.40 bits per heavy atom. The van der Waals surface area contributed by atoms with E-state index in [9.17, 15) is 14.7 Å². The van der Waals surface area contributed by atoms with E-state index in [0.717, 1.165) is 6.07 Å². The molecule has 0 amide bonds. The van der Waals surface area contributed by atoms with Crippen molar-refractivity contribution in [2.75, 3.05) is 11.9 Å². The number of benzene rings is 1. The number of nitrogens with one attached hydrogen (secondary N) is 2. The molecule has 1 aromatic carbocycles. The summed E-state index contributed by atoms with van der Waals surface area (Å²) >= 11 is 0. The van der Waals surface area contributed by atoms with E-state index in [1.54, 1.807) is 31.2 Å². The lowest BCUT2D eigenvalue weighted by Crippen LogP contribution is -2.09. The summed E-state index contributed by atoms with van der Waals surface area (Å²) in [5.74, 6) is -0.666. The standard InChI is InChI=1S/C13H13N3O4/c1-2-20-12(19)8-3-5-9(6-4-8)14-13-15-10(17)7-11(18)16-13/h3-7H,2H2,1H3,(H3,14,15,16,17,18). The Morgan fingerprint density at radius 2 is 2.10 bits per heavy atom. The summed E-state index contributed by atoms with van der Waals surface area (Å²) in [6, 6.07) is 7.41. The van der Waals surface area contributed by atoms with Gasteiger partial charge >= 0.3 is 5.97 Å². The number of carbonyl (C=O) groups excluding carboxylic acids is 1. The van der Waals surface area contributed by atoms with E-state index in [2.05, 4.69) is 15.3 Å². The van der Waals surface area contributed by atoms with Gasteiger partial charge in [0, 0.05) is 5.69 Å². The van der Waals surface area contributed by atoms with Crippen LogP contribution in [0.25, 0.3) is 0 Å². The smallest absolute Gasteiger partial charge is 0.338 e. The van der Waals surface area contributed by atoms with Crippen LogP contribution in [0.1, 0.15) is 17.3 Å². The minimum atomic E-state index is -0.469. The predicted molar refractivity (Wildman–Crippen MR) is 72.2 cm³/mol. The van der Waals surface area contributed by atoms with Crippen LogP contribution in [0.15, 0.2) is 35.1 Å². The molecule has 2 aromatic rings. The number of esters is 1. The Bertz CT molecular complexity index is 664. The molecule has 20 heavy (non-hydrogen) atoms. The van der Waals surface area contributed by atoms with Crippen molar-refractivity contribution in [3.8, 4) is 5.88 Å². The second-order valence-corrected chi connectivity index (χ2v) is 3.88. The Kier molecular flexibility index (Phi) is 3.99. The molecule has 0 fully saturated rings. The van der Waals surface area contributed by atoms with Gasteiger partial charge in [0.05, 0.1) is 18.2 Å². The predicted octanol–water partition coefficient (Wildman–Crippen LogP) is 1.40. The minimum Gasteiger partial charge on any atom is -0.493 e. The summed E-state index contributed by atoms with van der Waals surface area (Å²) in [5.41, 5.74) is 0.560. The summed E-state index contributed by atoms with van der Waals surface area (Å²) in [5, 5.41) is 12.0. The third-order valence-electron chi connectivity index (χ3n) is 2.39. The third-order valence-corrected chi connectivity index (χ3v) is 2.39. The van der Waals surface area contributed by atoms with Gasteiger partial charge in [-0.15, -0.1) is 0 Å². The van der Waals surface area contributed by atoms with E-state index in [1.807, 2.05) is 0 Å². The Balaban J connectivity index is 2.14. The highest BCUT2D eigenvalue weighted by atomic mass is 16.5. The molecule has 0 spiro atoms. The van der Waals surface area contributed by atoms with Gasteiger partial charge < -0.3 is 15.2 Å². The van der Waals surface area contributed by atoms with Gasteiger partial charge in [-0.25, -0.2) is 4.79 Å². The summed E-state index contributed by atoms with van der Waals surface area (Å²) in [6.45, 7) is 2.05. The van der Waals surface area contributed by atoms with Gasteiger partial charge in [0.25, 0.3) is 5.56 Å². The van der Waals surface area contributed by atoms with Crippen molar-refractivity contribution in [3.63, 3.8) is 0 Å². The van der Waals surface area contributed by atoms with Gasteiger partial charge in [0.15, 0.2) is 0 Å². The van der Waals surface area contributed by atoms with Gasteiger partial charge in [-0.3, -0.25) is 9.78 Å². The molecule has 0 aliphatic heterocycles. The molecule has 3 N–H and O–H groups in total. The lowest BCUT2D eigenvalue weighted by Gasteiger charge is -2.06. The lowest BCUT2D eigenvalue weighted by molar-refractivity contribution is 0.0526. The molecule has 0 atom stereocenters. The normalized spacial score (nSPS) is 10.1. The first-order valence-electron chi connectivity index (χ1n) is 5.93. The molecule has 7 nitrogen and oxygen atoms in total. The summed E-state index contributed by atoms with van der Waals surface area (Å²) in [4.78, 5) is 28.8. The number of rotatable bonds is 4. The van der Waals surface area contributed by atoms with Gasteiger partial charge in [0.2, 0.25) is 11.8 Å². The van der Waals surface area contributed by atoms with Crippen LogP contribution in [0, 0.1) is 0 Å². The molecule has 0 unspecified atom stereocenters. The van der Waals surface area contributed by atoms with Crippen molar-refractivity contribution < 1.29 is 14.6 Å². The van der Waals surface area contributed by atoms with E-state index in [4.69, 9.17) is 4.74 Å². The second kappa shape index (κ2) is 5.87. The number of H-pyrrole nitrogens is 1. The van der Waals surface area contributed by atoms with Crippen LogP contribution in [0.4, 0.5) is 11.6 Å². The Labute approximate surface area is 114 Å². The molecule has 0 saturated heterocycles. The van der Waals surface area contributed by atoms with Crippen LogP contribution in [-0.2, 0) is 4.74 Å². The Morgan fingerprint density at radius 3 is 2.70 bits per heavy atom. The van der Waals surface area contributed by atoms with Crippen LogP contribution in [-0.4, -0.2) is 27.7 Å². The Hall–Kier alpha value is -2.83. The van der Waals surface area contributed by atoms with E-state index >= 15 is 0 Å². The van der Waals surface area contributed by atoms with E-state index in [0.29, 0.717) is 17.9 Å². The minimum absolute atomic E-state index is 0.110. The highest BCUT2D eigenvalue weighted by Crippen LogP contribution is 2.14. The quantitative estimate of drug-likeness (QED) is 0.728. The number of aromatic nitrogens is 2. The number of aromatic hydroxyl groups is 1. The molecular weight excluding hydrogens is 262 g/mol. The average molecular weight is 275 g/mol. The molecule has 2 rings (SSSR count). The van der Waals surface area contributed by atoms with Gasteiger partial charge in [-0.05, 0) is 31.2 Å². The van der Waals surface area contributed by atoms with Crippen molar-refractivity contribution in [3.05, 3.63) is 46.2 Å². The molecule has 0 saturated carbocycles. The van der Waals surface area contributed by atoms with Crippen LogP contribution < -0.4 is 10.9 Å². The van der Waals surface area contributed by atoms with E-state index in [1.165, 1.54) is 0 Å². The molecule has 1 aromatic heterocycles. The fourth-order valence-corrected chi connectivity index (χ4v) is 1.54. The van der Waals surface area contributed by atoms with E-state index in [-0.39, 0.29) is 11.8 Å². The molecule has 0 bridgehead atoms. The highest BCUT2D eigenvalue weighted by Gasteiger charge is 2.06. The summed E-state index contributed by atoms with van der Waals surface area (Å²) in [7, 11) is 0. The zero-order chi connectivity index (χ0) is 14.5. The topological polar surface area (TPSA) is 104 Å². The zero-order valence-electron chi connectivity index (χ0n) is 10.7. The molecule has 0 radical (unpaired) electrons. The molecular formula is C13H13N3O4. The van der Waals surface area contributed by atoms with E-state index < -0.39 is 11.5 Å². The van der Waals surface area contributed by atoms with Crippen molar-refractivity contribution in [2.45, 2.75) is 6.92 Å². The molecule has 0 aliphatic carbocycles. The van der Waals surface area contributed by atoms with Gasteiger partial charge in [-0.2, -0.15) is 4.98 Å². The fourth-order valence-electron chi connectivity index (χ4n) is 1.54. The summed E-state index contributed by atoms with van der Waals surface area (Å²) < 4.78 is 4.87. The maximum atomic E-state index is 11.5. The zero-order valence-corrected chi connectivity index (χ0v) is 10.7. The summed E-state index contributed by atoms with van der Waals surface area (Å²) in [6.07, 6.45) is 0. The second-order valence-electron chi connectivity index (χ2n) is 3.88. The van der Waals surface area contributed by atoms with Crippen LogP contribution in [0.3, 0.4) is 0 Å². The van der Waals surface area contributed by atoms with Crippen molar-refractivity contribution in [1.29, 1.82) is 0 Å². The van der Waals surface area contributed by atoms with Crippen LogP contribution in [0.5, 0.6) is 5.88 Å². The molecule has 7 heteroatoms. The number of carbonyl (C=O) groups is 1. The SMILES string of the molecule is CCOC(=O)c1ccc(Nc2nc(O)cc(=O)[nH]2)cc1. The van der Waals surface area contributed by atoms with Crippen molar-refractivity contribution in [1.82, 2.24) is 9.97 Å². The van der Waals surface area contributed by atoms with Crippen molar-refractivity contribution >= 4 is 17.6 Å². The van der Waals surface area contributed by atoms with Gasteiger partial charge in [0.1, 0.15) is 0 Å². The van der Waals surface area contributed by atoms with Crippen LogP contribution in [0.2, 0.25) is 0 Å². The maximum absolute atomic E-state index is 11.5. The number of anilines is 2. The number of hydrogen-bond donors (Lipinski definition) is 3.